The molecule has 154 valence electrons. The van der Waals surface area contributed by atoms with Crippen molar-refractivity contribution in [1.29, 1.82) is 0 Å². The van der Waals surface area contributed by atoms with Crippen molar-refractivity contribution in [2.75, 3.05) is 12.4 Å². The molecule has 2 aromatic heterocycles. The number of aromatic nitrogens is 2. The number of rotatable bonds is 5. The lowest BCUT2D eigenvalue weighted by Crippen LogP contribution is -2.23. The fourth-order valence-corrected chi connectivity index (χ4v) is 3.19. The average molecular weight is 412 g/mol. The molecule has 2 N–H and O–H groups in total. The van der Waals surface area contributed by atoms with Crippen molar-refractivity contribution in [3.63, 3.8) is 0 Å². The van der Waals surface area contributed by atoms with Crippen molar-refractivity contribution in [3.05, 3.63) is 90.3 Å². The van der Waals surface area contributed by atoms with Crippen LogP contribution in [0.3, 0.4) is 0 Å². The highest BCUT2D eigenvalue weighted by atomic mass is 16.5. The van der Waals surface area contributed by atoms with E-state index in [0.717, 1.165) is 22.0 Å². The van der Waals surface area contributed by atoms with Gasteiger partial charge in [-0.15, -0.1) is 0 Å². The molecule has 0 atom stereocenters. The van der Waals surface area contributed by atoms with Gasteiger partial charge in [0.1, 0.15) is 0 Å². The van der Waals surface area contributed by atoms with Crippen LogP contribution < -0.4 is 10.6 Å². The van der Waals surface area contributed by atoms with Gasteiger partial charge in [0.05, 0.1) is 23.9 Å². The zero-order valence-corrected chi connectivity index (χ0v) is 16.8. The Bertz CT molecular complexity index is 1220. The SMILES string of the molecule is COC(=O)Nc1ccc(CNC(=O)c2cc(-c3ccncc3)nc3ccccc23)cc1. The van der Waals surface area contributed by atoms with Crippen LogP contribution in [-0.2, 0) is 11.3 Å². The third-order valence-electron chi connectivity index (χ3n) is 4.78. The molecular formula is C24H20N4O3. The van der Waals surface area contributed by atoms with E-state index >= 15 is 0 Å². The number of nitrogens with zero attached hydrogens (tertiary/aromatic N) is 2. The monoisotopic (exact) mass is 412 g/mol. The van der Waals surface area contributed by atoms with Crippen LogP contribution in [0, 0.1) is 0 Å². The largest absolute Gasteiger partial charge is 0.453 e. The number of hydrogen-bond acceptors (Lipinski definition) is 5. The lowest BCUT2D eigenvalue weighted by molar-refractivity contribution is 0.0952. The maximum Gasteiger partial charge on any atom is 0.411 e. The van der Waals surface area contributed by atoms with Crippen LogP contribution in [-0.4, -0.2) is 29.1 Å². The molecule has 0 bridgehead atoms. The van der Waals surface area contributed by atoms with Crippen LogP contribution in [0.15, 0.2) is 79.1 Å². The van der Waals surface area contributed by atoms with Crippen molar-refractivity contribution in [3.8, 4) is 11.3 Å². The summed E-state index contributed by atoms with van der Waals surface area (Å²) >= 11 is 0. The molecule has 0 radical (unpaired) electrons. The first-order valence-electron chi connectivity index (χ1n) is 9.66. The number of pyridine rings is 2. The predicted molar refractivity (Wildman–Crippen MR) is 119 cm³/mol. The molecule has 0 unspecified atom stereocenters. The Hall–Kier alpha value is -4.26. The minimum Gasteiger partial charge on any atom is -0.453 e. The van der Waals surface area contributed by atoms with Crippen LogP contribution in [0.4, 0.5) is 10.5 Å². The van der Waals surface area contributed by atoms with Crippen LogP contribution >= 0.6 is 0 Å². The highest BCUT2D eigenvalue weighted by Crippen LogP contribution is 2.24. The van der Waals surface area contributed by atoms with Crippen LogP contribution in [0.1, 0.15) is 15.9 Å². The second kappa shape index (κ2) is 9.04. The lowest BCUT2D eigenvalue weighted by Gasteiger charge is -2.11. The van der Waals surface area contributed by atoms with Gasteiger partial charge in [-0.1, -0.05) is 30.3 Å². The number of methoxy groups -OCH3 is 1. The molecule has 2 aromatic carbocycles. The lowest BCUT2D eigenvalue weighted by atomic mass is 10.0. The van der Waals surface area contributed by atoms with E-state index in [1.807, 2.05) is 48.5 Å². The van der Waals surface area contributed by atoms with Crippen molar-refractivity contribution < 1.29 is 14.3 Å². The number of amides is 2. The number of anilines is 1. The van der Waals surface area contributed by atoms with E-state index in [4.69, 9.17) is 4.98 Å². The number of carbonyl (C=O) groups is 2. The fourth-order valence-electron chi connectivity index (χ4n) is 3.19. The van der Waals surface area contributed by atoms with Gasteiger partial charge in [-0.25, -0.2) is 9.78 Å². The summed E-state index contributed by atoms with van der Waals surface area (Å²) in [6.45, 7) is 0.346. The zero-order valence-electron chi connectivity index (χ0n) is 16.8. The van der Waals surface area contributed by atoms with Crippen molar-refractivity contribution in [2.45, 2.75) is 6.54 Å². The fraction of sp³-hybridized carbons (Fsp3) is 0.0833. The molecule has 0 aliphatic rings. The van der Waals surface area contributed by atoms with Gasteiger partial charge < -0.3 is 10.1 Å². The van der Waals surface area contributed by atoms with E-state index in [1.54, 1.807) is 30.6 Å². The maximum absolute atomic E-state index is 13.0. The van der Waals surface area contributed by atoms with Gasteiger partial charge in [0.2, 0.25) is 0 Å². The van der Waals surface area contributed by atoms with Crippen LogP contribution in [0.5, 0.6) is 0 Å². The number of para-hydroxylation sites is 1. The first kappa shape index (κ1) is 20.0. The quantitative estimate of drug-likeness (QED) is 0.507. The molecule has 0 aliphatic carbocycles. The number of ether oxygens (including phenoxy) is 1. The first-order chi connectivity index (χ1) is 15.1. The Morgan fingerprint density at radius 2 is 1.71 bits per heavy atom. The Balaban J connectivity index is 1.55. The number of hydrogen-bond donors (Lipinski definition) is 2. The van der Waals surface area contributed by atoms with Gasteiger partial charge in [-0.05, 0) is 42.0 Å². The summed E-state index contributed by atoms with van der Waals surface area (Å²) < 4.78 is 4.57. The van der Waals surface area contributed by atoms with Gasteiger partial charge in [0, 0.05) is 35.6 Å². The van der Waals surface area contributed by atoms with Crippen molar-refractivity contribution in [1.82, 2.24) is 15.3 Å². The summed E-state index contributed by atoms with van der Waals surface area (Å²) in [7, 11) is 1.31. The molecule has 4 aromatic rings. The number of fused-ring (bicyclic) bond motifs is 1. The Morgan fingerprint density at radius 3 is 2.45 bits per heavy atom. The summed E-state index contributed by atoms with van der Waals surface area (Å²) in [5, 5.41) is 6.35. The molecule has 2 amide bonds. The summed E-state index contributed by atoms with van der Waals surface area (Å²) in [6.07, 6.45) is 2.87. The number of benzene rings is 2. The zero-order chi connectivity index (χ0) is 21.6. The van der Waals surface area contributed by atoms with Crippen molar-refractivity contribution in [2.24, 2.45) is 0 Å². The molecule has 0 saturated heterocycles. The molecule has 0 aliphatic heterocycles. The summed E-state index contributed by atoms with van der Waals surface area (Å²) in [6, 6.07) is 20.3. The van der Waals surface area contributed by atoms with Gasteiger partial charge in [-0.2, -0.15) is 0 Å². The summed E-state index contributed by atoms with van der Waals surface area (Å²) in [5.74, 6) is -0.189. The Labute approximate surface area is 179 Å². The minimum atomic E-state index is -0.532. The van der Waals surface area contributed by atoms with E-state index in [2.05, 4.69) is 20.4 Å². The summed E-state index contributed by atoms with van der Waals surface area (Å²) in [5.41, 5.74) is 4.43. The van der Waals surface area contributed by atoms with E-state index in [0.29, 0.717) is 23.5 Å². The highest BCUT2D eigenvalue weighted by molar-refractivity contribution is 6.07. The van der Waals surface area contributed by atoms with Gasteiger partial charge in [0.15, 0.2) is 0 Å². The second-order valence-electron chi connectivity index (χ2n) is 6.80. The first-order valence-corrected chi connectivity index (χ1v) is 9.66. The number of carbonyl (C=O) groups excluding carboxylic acids is 2. The van der Waals surface area contributed by atoms with E-state index in [1.165, 1.54) is 7.11 Å². The van der Waals surface area contributed by atoms with E-state index < -0.39 is 6.09 Å². The predicted octanol–water partition coefficient (Wildman–Crippen LogP) is 4.41. The summed E-state index contributed by atoms with van der Waals surface area (Å²) in [4.78, 5) is 33.1. The molecule has 7 heteroatoms. The molecule has 31 heavy (non-hydrogen) atoms. The normalized spacial score (nSPS) is 10.5. The molecule has 0 fully saturated rings. The van der Waals surface area contributed by atoms with E-state index in [9.17, 15) is 9.59 Å². The van der Waals surface area contributed by atoms with Crippen LogP contribution in [0.2, 0.25) is 0 Å². The Kier molecular flexibility index (Phi) is 5.84. The van der Waals surface area contributed by atoms with Crippen molar-refractivity contribution >= 4 is 28.6 Å². The Morgan fingerprint density at radius 1 is 0.968 bits per heavy atom. The molecule has 4 rings (SSSR count). The maximum atomic E-state index is 13.0. The third-order valence-corrected chi connectivity index (χ3v) is 4.78. The second-order valence-corrected chi connectivity index (χ2v) is 6.80. The number of nitrogens with one attached hydrogen (secondary N) is 2. The molecule has 7 nitrogen and oxygen atoms in total. The third kappa shape index (κ3) is 4.67. The molecule has 2 heterocycles. The standard InChI is InChI=1S/C24H20N4O3/c1-31-24(30)27-18-8-6-16(7-9-18)15-26-23(29)20-14-22(17-10-12-25-13-11-17)28-21-5-3-2-4-19(20)21/h2-14H,15H2,1H3,(H,26,29)(H,27,30). The van der Waals surface area contributed by atoms with Gasteiger partial charge in [-0.3, -0.25) is 15.1 Å². The highest BCUT2D eigenvalue weighted by Gasteiger charge is 2.14. The molecule has 0 saturated carbocycles. The minimum absolute atomic E-state index is 0.189. The van der Waals surface area contributed by atoms with E-state index in [-0.39, 0.29) is 5.91 Å². The van der Waals surface area contributed by atoms with Crippen LogP contribution in [0.25, 0.3) is 22.2 Å². The smallest absolute Gasteiger partial charge is 0.411 e. The van der Waals surface area contributed by atoms with Gasteiger partial charge >= 0.3 is 6.09 Å². The molecular weight excluding hydrogens is 392 g/mol. The average Bonchev–Trinajstić information content (AvgIpc) is 2.83. The topological polar surface area (TPSA) is 93.2 Å². The van der Waals surface area contributed by atoms with Gasteiger partial charge in [0.25, 0.3) is 5.91 Å². The molecule has 0 spiro atoms.